The Morgan fingerprint density at radius 2 is 1.53 bits per heavy atom. The average molecular weight is 805 g/mol. The maximum absolute atomic E-state index is 6.66. The topological polar surface area (TPSA) is 130 Å². The van der Waals surface area contributed by atoms with E-state index in [-0.39, 0.29) is 0 Å². The zero-order valence-electron chi connectivity index (χ0n) is 33.6. The van der Waals surface area contributed by atoms with E-state index in [4.69, 9.17) is 37.9 Å². The minimum Gasteiger partial charge on any atom is -0.490 e. The summed E-state index contributed by atoms with van der Waals surface area (Å²) >= 11 is 1.42. The molecule has 1 aromatic heterocycles. The first-order valence-corrected chi connectivity index (χ1v) is 20.3. The fourth-order valence-electron chi connectivity index (χ4n) is 5.83. The largest absolute Gasteiger partial charge is 0.490 e. The van der Waals surface area contributed by atoms with Crippen molar-refractivity contribution < 1.29 is 37.9 Å². The van der Waals surface area contributed by atoms with Crippen molar-refractivity contribution in [2.75, 3.05) is 122 Å². The molecule has 1 aliphatic rings. The number of aliphatic imine (C=N–C) groups is 1. The molecule has 4 aromatic rings. The summed E-state index contributed by atoms with van der Waals surface area (Å²) in [4.78, 5) is 13.3. The Labute approximate surface area is 340 Å². The number of hydrogen-bond donors (Lipinski definition) is 0. The van der Waals surface area contributed by atoms with Crippen LogP contribution >= 0.6 is 11.3 Å². The second-order valence-electron chi connectivity index (χ2n) is 12.9. The van der Waals surface area contributed by atoms with E-state index in [1.54, 1.807) is 19.5 Å². The van der Waals surface area contributed by atoms with Crippen LogP contribution in [-0.4, -0.2) is 124 Å². The Balaban J connectivity index is 1.43. The van der Waals surface area contributed by atoms with Gasteiger partial charge in [-0.25, -0.2) is 4.98 Å². The highest BCUT2D eigenvalue weighted by atomic mass is 32.1. The Hall–Kier alpha value is -4.64. The number of anilines is 2. The molecule has 0 atom stereocenters. The first kappa shape index (κ1) is 43.5. The molecule has 0 aliphatic carbocycles. The molecule has 3 aromatic carbocycles. The van der Waals surface area contributed by atoms with Crippen molar-refractivity contribution in [1.82, 2.24) is 4.98 Å². The second kappa shape index (κ2) is 24.9. The van der Waals surface area contributed by atoms with E-state index in [1.807, 2.05) is 55.6 Å². The molecule has 2 heterocycles. The number of ether oxygens (including phenoxy) is 8. The zero-order valence-corrected chi connectivity index (χ0v) is 34.4. The van der Waals surface area contributed by atoms with E-state index in [9.17, 15) is 0 Å². The number of azo groups is 1. The van der Waals surface area contributed by atoms with Gasteiger partial charge in [0, 0.05) is 50.7 Å². The number of nitrogens with zero attached hydrogens (tertiary/aromatic N) is 6. The minimum atomic E-state index is 0.352. The third kappa shape index (κ3) is 15.0. The van der Waals surface area contributed by atoms with Crippen molar-refractivity contribution in [3.8, 4) is 17.2 Å². The Morgan fingerprint density at radius 3 is 2.33 bits per heavy atom. The summed E-state index contributed by atoms with van der Waals surface area (Å²) in [6.45, 7) is 14.0. The van der Waals surface area contributed by atoms with Gasteiger partial charge < -0.3 is 47.7 Å². The monoisotopic (exact) mass is 804 g/mol. The molecule has 0 spiro atoms. The number of rotatable bonds is 14. The van der Waals surface area contributed by atoms with Crippen molar-refractivity contribution in [3.05, 3.63) is 77.3 Å². The van der Waals surface area contributed by atoms with Gasteiger partial charge in [0.05, 0.1) is 83.0 Å². The highest BCUT2D eigenvalue weighted by Gasteiger charge is 2.18. The predicted octanol–water partition coefficient (Wildman–Crippen LogP) is 7.77. The van der Waals surface area contributed by atoms with Crippen LogP contribution in [0.5, 0.6) is 17.2 Å². The number of fused-ring (bicyclic) bond motifs is 2. The maximum Gasteiger partial charge on any atom is 0.229 e. The molecule has 57 heavy (non-hydrogen) atoms. The molecule has 14 nitrogen and oxygen atoms in total. The van der Waals surface area contributed by atoms with E-state index in [1.165, 1.54) is 11.3 Å². The summed E-state index contributed by atoms with van der Waals surface area (Å²) in [6.07, 6.45) is 3.46. The van der Waals surface area contributed by atoms with E-state index in [0.29, 0.717) is 128 Å². The quantitative estimate of drug-likeness (QED) is 0.0916. The zero-order chi connectivity index (χ0) is 39.9. The summed E-state index contributed by atoms with van der Waals surface area (Å²) in [7, 11) is 1.65. The molecule has 1 aliphatic heterocycles. The molecule has 308 valence electrons. The van der Waals surface area contributed by atoms with Crippen molar-refractivity contribution in [2.45, 2.75) is 20.8 Å². The summed E-state index contributed by atoms with van der Waals surface area (Å²) in [6, 6.07) is 18.1. The molecule has 0 N–H and O–H groups in total. The standard InChI is InChI=1S/C42H56N6O8S/c1-5-50-24-25-52-19-14-47-15-20-53-27-26-51-18-12-43-36-9-6-33(2)30-39(36)54-21-16-48(17-22-55-40-31-34(3)7-10-37(40)47)38-11-8-35(32-41(38)56-28-23-49-4)45-46-42-44-13-29-57-42/h6-13,29-32H,5,14-28H2,1-4H3. The lowest BCUT2D eigenvalue weighted by Crippen LogP contribution is -2.34. The van der Waals surface area contributed by atoms with Crippen molar-refractivity contribution in [3.63, 3.8) is 0 Å². The highest BCUT2D eigenvalue weighted by Crippen LogP contribution is 2.35. The van der Waals surface area contributed by atoms with E-state index < -0.39 is 0 Å². The summed E-state index contributed by atoms with van der Waals surface area (Å²) in [5.74, 6) is 2.11. The van der Waals surface area contributed by atoms with Gasteiger partial charge in [0.1, 0.15) is 42.8 Å². The Bertz CT molecular complexity index is 1810. The number of thiazole rings is 1. The van der Waals surface area contributed by atoms with Crippen LogP contribution in [0.3, 0.4) is 0 Å². The molecule has 0 radical (unpaired) electrons. The van der Waals surface area contributed by atoms with Crippen LogP contribution in [0.2, 0.25) is 0 Å². The number of aromatic nitrogens is 1. The average Bonchev–Trinajstić information content (AvgIpc) is 3.74. The third-order valence-corrected chi connectivity index (χ3v) is 9.35. The molecule has 15 heteroatoms. The number of aryl methyl sites for hydroxylation is 2. The van der Waals surface area contributed by atoms with Crippen molar-refractivity contribution in [2.24, 2.45) is 15.2 Å². The van der Waals surface area contributed by atoms with Crippen molar-refractivity contribution in [1.29, 1.82) is 0 Å². The molecular weight excluding hydrogens is 749 g/mol. The highest BCUT2D eigenvalue weighted by molar-refractivity contribution is 7.13. The van der Waals surface area contributed by atoms with Crippen LogP contribution < -0.4 is 24.0 Å². The van der Waals surface area contributed by atoms with Gasteiger partial charge in [-0.05, 0) is 68.3 Å². The van der Waals surface area contributed by atoms with Crippen LogP contribution in [0.25, 0.3) is 0 Å². The fraction of sp³-hybridized carbons (Fsp3) is 0.476. The summed E-state index contributed by atoms with van der Waals surface area (Å²) in [5, 5.41) is 11.2. The summed E-state index contributed by atoms with van der Waals surface area (Å²) in [5.41, 5.74) is 5.37. The van der Waals surface area contributed by atoms with Crippen LogP contribution in [0, 0.1) is 13.8 Å². The van der Waals surface area contributed by atoms with E-state index in [0.717, 1.165) is 33.9 Å². The number of methoxy groups -OCH3 is 1. The molecule has 0 amide bonds. The molecule has 0 saturated carbocycles. The second-order valence-corrected chi connectivity index (χ2v) is 13.8. The lowest BCUT2D eigenvalue weighted by Gasteiger charge is -2.29. The summed E-state index contributed by atoms with van der Waals surface area (Å²) < 4.78 is 47.9. The van der Waals surface area contributed by atoms with Gasteiger partial charge in [0.25, 0.3) is 0 Å². The van der Waals surface area contributed by atoms with Gasteiger partial charge in [-0.2, -0.15) is 0 Å². The molecular formula is C42H56N6O8S. The molecule has 0 saturated heterocycles. The van der Waals surface area contributed by atoms with Gasteiger partial charge >= 0.3 is 0 Å². The lowest BCUT2D eigenvalue weighted by molar-refractivity contribution is 0.0532. The molecule has 0 unspecified atom stereocenters. The van der Waals surface area contributed by atoms with Crippen LogP contribution in [0.4, 0.5) is 27.9 Å². The maximum atomic E-state index is 6.66. The van der Waals surface area contributed by atoms with Crippen LogP contribution in [0.15, 0.2) is 81.4 Å². The SMILES string of the molecule is CCOCCOCCN1CCOCCOCC=Nc2ccc(C)cc2OCCN(c2ccc(N=Nc3nccs3)cc2OCCOC)CCOc2cc(C)ccc21. The first-order valence-electron chi connectivity index (χ1n) is 19.4. The van der Waals surface area contributed by atoms with Crippen LogP contribution in [-0.2, 0) is 23.7 Å². The third-order valence-electron chi connectivity index (χ3n) is 8.69. The fourth-order valence-corrected chi connectivity index (χ4v) is 6.28. The smallest absolute Gasteiger partial charge is 0.229 e. The van der Waals surface area contributed by atoms with E-state index >= 15 is 0 Å². The van der Waals surface area contributed by atoms with Gasteiger partial charge in [-0.1, -0.05) is 12.1 Å². The lowest BCUT2D eigenvalue weighted by atomic mass is 10.2. The Kier molecular flexibility index (Phi) is 19.0. The number of benzene rings is 3. The van der Waals surface area contributed by atoms with Gasteiger partial charge in [0.15, 0.2) is 0 Å². The van der Waals surface area contributed by atoms with Crippen molar-refractivity contribution >= 4 is 45.4 Å². The first-order chi connectivity index (χ1) is 28.0. The molecule has 0 fully saturated rings. The number of hydrogen-bond acceptors (Lipinski definition) is 15. The minimum absolute atomic E-state index is 0.352. The molecule has 0 bridgehead atoms. The van der Waals surface area contributed by atoms with Gasteiger partial charge in [-0.15, -0.1) is 21.6 Å². The Morgan fingerprint density at radius 1 is 0.754 bits per heavy atom. The van der Waals surface area contributed by atoms with E-state index in [2.05, 4.69) is 55.1 Å². The van der Waals surface area contributed by atoms with Crippen LogP contribution in [0.1, 0.15) is 18.1 Å². The van der Waals surface area contributed by atoms with Gasteiger partial charge in [-0.3, -0.25) is 4.99 Å². The predicted molar refractivity (Wildman–Crippen MR) is 225 cm³/mol. The van der Waals surface area contributed by atoms with Gasteiger partial charge in [0.2, 0.25) is 5.13 Å². The normalized spacial score (nSPS) is 15.0. The molecule has 5 rings (SSSR count).